The smallest absolute Gasteiger partial charge is 0.133 e. The van der Waals surface area contributed by atoms with Gasteiger partial charge in [0.05, 0.1) is 28.3 Å². The summed E-state index contributed by atoms with van der Waals surface area (Å²) in [5.41, 5.74) is 5.94. The summed E-state index contributed by atoms with van der Waals surface area (Å²) >= 11 is 5.99. The van der Waals surface area contributed by atoms with Crippen molar-refractivity contribution in [1.82, 2.24) is 15.1 Å². The van der Waals surface area contributed by atoms with Gasteiger partial charge in [0.2, 0.25) is 0 Å². The molecule has 2 aromatic heterocycles. The Morgan fingerprint density at radius 2 is 1.85 bits per heavy atom. The highest BCUT2D eigenvalue weighted by Gasteiger charge is 2.19. The third-order valence-corrected chi connectivity index (χ3v) is 4.84. The molecule has 1 atom stereocenters. The molecule has 0 spiro atoms. The Hall–Kier alpha value is -2.20. The summed E-state index contributed by atoms with van der Waals surface area (Å²) in [7, 11) is 0. The van der Waals surface area contributed by atoms with Gasteiger partial charge in [0, 0.05) is 11.2 Å². The summed E-state index contributed by atoms with van der Waals surface area (Å²) in [5.74, 6) is 0.604. The Morgan fingerprint density at radius 3 is 2.50 bits per heavy atom. The highest BCUT2D eigenvalue weighted by molar-refractivity contribution is 6.30. The Balaban J connectivity index is 1.94. The molecular weight excluding hydrogens is 346 g/mol. The van der Waals surface area contributed by atoms with E-state index >= 15 is 0 Å². The molecule has 0 saturated heterocycles. The average Bonchev–Trinajstić information content (AvgIpc) is 3.10. The lowest BCUT2D eigenvalue weighted by Crippen LogP contribution is -2.06. The van der Waals surface area contributed by atoms with Crippen LogP contribution in [0.3, 0.4) is 0 Å². The van der Waals surface area contributed by atoms with E-state index in [9.17, 15) is 0 Å². The number of rotatable bonds is 6. The normalized spacial score (nSPS) is 12.5. The fourth-order valence-corrected chi connectivity index (χ4v) is 3.21. The largest absolute Gasteiger partial charge is 0.364 e. The van der Waals surface area contributed by atoms with E-state index < -0.39 is 0 Å². The van der Waals surface area contributed by atoms with Gasteiger partial charge < -0.3 is 4.52 Å². The van der Waals surface area contributed by atoms with Crippen molar-refractivity contribution in [2.75, 3.05) is 0 Å². The van der Waals surface area contributed by atoms with Crippen LogP contribution in [-0.2, 0) is 12.8 Å². The summed E-state index contributed by atoms with van der Waals surface area (Å²) in [5, 5.41) is 4.86. The molecule has 0 radical (unpaired) electrons. The first-order valence-corrected chi connectivity index (χ1v) is 9.42. The van der Waals surface area contributed by atoms with E-state index in [1.807, 2.05) is 18.3 Å². The maximum Gasteiger partial charge on any atom is 0.133 e. The van der Waals surface area contributed by atoms with Crippen LogP contribution >= 0.6 is 11.6 Å². The van der Waals surface area contributed by atoms with Gasteiger partial charge in [0.15, 0.2) is 0 Å². The summed E-state index contributed by atoms with van der Waals surface area (Å²) in [6.45, 7) is 8.51. The van der Waals surface area contributed by atoms with Crippen molar-refractivity contribution in [1.29, 1.82) is 0 Å². The van der Waals surface area contributed by atoms with Gasteiger partial charge in [0.25, 0.3) is 0 Å². The molecule has 1 aromatic carbocycles. The Morgan fingerprint density at radius 1 is 1.12 bits per heavy atom. The fourth-order valence-electron chi connectivity index (χ4n) is 3.08. The molecule has 26 heavy (non-hydrogen) atoms. The minimum atomic E-state index is 0.278. The number of hydrogen-bond acceptors (Lipinski definition) is 4. The summed E-state index contributed by atoms with van der Waals surface area (Å²) in [4.78, 5) is 9.66. The van der Waals surface area contributed by atoms with Crippen molar-refractivity contribution < 1.29 is 4.52 Å². The molecule has 0 aliphatic carbocycles. The fraction of sp³-hybridized carbons (Fsp3) is 0.381. The number of aromatic nitrogens is 3. The van der Waals surface area contributed by atoms with Gasteiger partial charge in [0.1, 0.15) is 6.26 Å². The summed E-state index contributed by atoms with van der Waals surface area (Å²) < 4.78 is 5.20. The van der Waals surface area contributed by atoms with Crippen LogP contribution in [0.4, 0.5) is 0 Å². The summed E-state index contributed by atoms with van der Waals surface area (Å²) in [6, 6.07) is 7.99. The second kappa shape index (κ2) is 8.00. The van der Waals surface area contributed by atoms with Crippen molar-refractivity contribution in [3.8, 4) is 11.3 Å². The van der Waals surface area contributed by atoms with E-state index in [0.29, 0.717) is 5.92 Å². The first-order chi connectivity index (χ1) is 12.5. The quantitative estimate of drug-likeness (QED) is 0.549. The zero-order valence-electron chi connectivity index (χ0n) is 15.7. The topological polar surface area (TPSA) is 51.8 Å². The van der Waals surface area contributed by atoms with E-state index in [2.05, 4.69) is 45.0 Å². The molecule has 0 amide bonds. The van der Waals surface area contributed by atoms with Crippen LogP contribution in [0.1, 0.15) is 62.2 Å². The number of nitrogens with zero attached hydrogens (tertiary/aromatic N) is 3. The molecule has 0 fully saturated rings. The van der Waals surface area contributed by atoms with Crippen molar-refractivity contribution in [2.45, 2.75) is 52.4 Å². The molecule has 4 nitrogen and oxygen atoms in total. The SMILES string of the molecule is CCc1nocc1-c1nc(CC(C)c2ccc(Cl)cc2)cnc1C(C)C. The van der Waals surface area contributed by atoms with Crippen LogP contribution in [0.15, 0.2) is 41.2 Å². The number of halogens is 1. The molecule has 3 aromatic rings. The molecule has 136 valence electrons. The van der Waals surface area contributed by atoms with E-state index in [1.165, 1.54) is 5.56 Å². The maximum absolute atomic E-state index is 5.99. The Bertz CT molecular complexity index is 871. The Kier molecular flexibility index (Phi) is 5.72. The lowest BCUT2D eigenvalue weighted by molar-refractivity contribution is 0.412. The zero-order chi connectivity index (χ0) is 18.7. The van der Waals surface area contributed by atoms with Gasteiger partial charge in [-0.3, -0.25) is 4.98 Å². The standard InChI is InChI=1S/C21H24ClN3O/c1-5-19-18(12-26-25-19)21-20(13(2)3)23-11-17(24-21)10-14(4)15-6-8-16(22)9-7-15/h6-9,11-14H,5,10H2,1-4H3. The van der Waals surface area contributed by atoms with Gasteiger partial charge >= 0.3 is 0 Å². The van der Waals surface area contributed by atoms with E-state index in [4.69, 9.17) is 26.1 Å². The third kappa shape index (κ3) is 3.96. The molecule has 0 aliphatic heterocycles. The minimum absolute atomic E-state index is 0.278. The predicted octanol–water partition coefficient (Wildman–Crippen LogP) is 5.82. The molecule has 2 heterocycles. The molecule has 0 bridgehead atoms. The van der Waals surface area contributed by atoms with Crippen LogP contribution in [0.25, 0.3) is 11.3 Å². The number of aryl methyl sites for hydroxylation is 1. The molecule has 3 rings (SSSR count). The third-order valence-electron chi connectivity index (χ3n) is 4.59. The van der Waals surface area contributed by atoms with Gasteiger partial charge in [-0.15, -0.1) is 0 Å². The monoisotopic (exact) mass is 369 g/mol. The molecule has 5 heteroatoms. The van der Waals surface area contributed by atoms with Crippen molar-refractivity contribution >= 4 is 11.6 Å². The zero-order valence-corrected chi connectivity index (χ0v) is 16.4. The van der Waals surface area contributed by atoms with Gasteiger partial charge in [-0.2, -0.15) is 0 Å². The molecule has 0 saturated carbocycles. The average molecular weight is 370 g/mol. The molecule has 0 N–H and O–H groups in total. The predicted molar refractivity (Wildman–Crippen MR) is 105 cm³/mol. The van der Waals surface area contributed by atoms with E-state index in [0.717, 1.165) is 46.2 Å². The first-order valence-electron chi connectivity index (χ1n) is 9.04. The van der Waals surface area contributed by atoms with Crippen molar-refractivity contribution in [3.05, 3.63) is 64.4 Å². The van der Waals surface area contributed by atoms with Gasteiger partial charge in [-0.1, -0.05) is 56.6 Å². The Labute approximate surface area is 159 Å². The van der Waals surface area contributed by atoms with Crippen LogP contribution in [0, 0.1) is 0 Å². The highest BCUT2D eigenvalue weighted by atomic mass is 35.5. The second-order valence-corrected chi connectivity index (χ2v) is 7.37. The second-order valence-electron chi connectivity index (χ2n) is 6.94. The lowest BCUT2D eigenvalue weighted by Gasteiger charge is -2.15. The molecule has 1 unspecified atom stereocenters. The maximum atomic E-state index is 5.99. The van der Waals surface area contributed by atoms with Gasteiger partial charge in [-0.25, -0.2) is 4.98 Å². The molecular formula is C21H24ClN3O. The van der Waals surface area contributed by atoms with Crippen molar-refractivity contribution in [3.63, 3.8) is 0 Å². The minimum Gasteiger partial charge on any atom is -0.364 e. The van der Waals surface area contributed by atoms with Crippen LogP contribution in [-0.4, -0.2) is 15.1 Å². The van der Waals surface area contributed by atoms with Crippen LogP contribution < -0.4 is 0 Å². The number of benzene rings is 1. The lowest BCUT2D eigenvalue weighted by atomic mass is 9.96. The highest BCUT2D eigenvalue weighted by Crippen LogP contribution is 2.30. The van der Waals surface area contributed by atoms with Crippen LogP contribution in [0.2, 0.25) is 5.02 Å². The van der Waals surface area contributed by atoms with E-state index in [1.54, 1.807) is 6.26 Å². The van der Waals surface area contributed by atoms with Gasteiger partial charge in [-0.05, 0) is 42.4 Å². The van der Waals surface area contributed by atoms with Crippen molar-refractivity contribution in [2.24, 2.45) is 0 Å². The van der Waals surface area contributed by atoms with Crippen LogP contribution in [0.5, 0.6) is 0 Å². The molecule has 0 aliphatic rings. The number of hydrogen-bond donors (Lipinski definition) is 0. The van der Waals surface area contributed by atoms with E-state index in [-0.39, 0.29) is 5.92 Å². The summed E-state index contributed by atoms with van der Waals surface area (Å²) in [6.07, 6.45) is 5.19. The first kappa shape index (κ1) is 18.6.